The summed E-state index contributed by atoms with van der Waals surface area (Å²) in [6.07, 6.45) is 0.952. The molecule has 0 radical (unpaired) electrons. The Labute approximate surface area is 126 Å². The number of carbonyl (C=O) groups is 1. The minimum Gasteiger partial charge on any atom is -0.385 e. The number of anilines is 1. The highest BCUT2D eigenvalue weighted by molar-refractivity contribution is 5.99. The Morgan fingerprint density at radius 1 is 1.24 bits per heavy atom. The zero-order valence-corrected chi connectivity index (χ0v) is 13.0. The summed E-state index contributed by atoms with van der Waals surface area (Å²) in [5.41, 5.74) is 2.34. The van der Waals surface area contributed by atoms with Gasteiger partial charge >= 0.3 is 0 Å². The topological polar surface area (TPSA) is 45.2 Å². The first-order valence-corrected chi connectivity index (χ1v) is 7.64. The number of hydrogen-bond donors (Lipinski definition) is 1. The average Bonchev–Trinajstić information content (AvgIpc) is 2.52. The number of fused-ring (bicyclic) bond motifs is 1. The number of para-hydroxylation sites is 1. The van der Waals surface area contributed by atoms with Crippen LogP contribution in [0.3, 0.4) is 0 Å². The molecule has 2 aromatic rings. The van der Waals surface area contributed by atoms with Crippen LogP contribution in [0.1, 0.15) is 37.7 Å². The Balaban J connectivity index is 2.46. The molecule has 0 aliphatic rings. The maximum atomic E-state index is 12.6. The molecule has 0 fully saturated rings. The van der Waals surface area contributed by atoms with Crippen molar-refractivity contribution in [2.45, 2.75) is 27.2 Å². The smallest absolute Gasteiger partial charge is 0.272 e. The lowest BCUT2D eigenvalue weighted by molar-refractivity contribution is 0.0759. The van der Waals surface area contributed by atoms with Crippen molar-refractivity contribution in [3.8, 4) is 0 Å². The van der Waals surface area contributed by atoms with Gasteiger partial charge in [-0.05, 0) is 32.4 Å². The van der Waals surface area contributed by atoms with E-state index >= 15 is 0 Å². The molecule has 1 heterocycles. The summed E-state index contributed by atoms with van der Waals surface area (Å²) < 4.78 is 0. The summed E-state index contributed by atoms with van der Waals surface area (Å²) in [5.74, 6) is 0.00394. The molecular weight excluding hydrogens is 262 g/mol. The molecule has 0 spiro atoms. The summed E-state index contributed by atoms with van der Waals surface area (Å²) in [5, 5.41) is 4.37. The van der Waals surface area contributed by atoms with Crippen molar-refractivity contribution in [2.75, 3.05) is 25.0 Å². The quantitative estimate of drug-likeness (QED) is 0.883. The molecule has 0 unspecified atom stereocenters. The monoisotopic (exact) mass is 285 g/mol. The lowest BCUT2D eigenvalue weighted by Gasteiger charge is -2.20. The maximum Gasteiger partial charge on any atom is 0.272 e. The van der Waals surface area contributed by atoms with Crippen LogP contribution < -0.4 is 5.32 Å². The molecular formula is C17H23N3O. The Hall–Kier alpha value is -2.10. The van der Waals surface area contributed by atoms with E-state index in [1.807, 2.05) is 49.1 Å². The molecule has 1 amide bonds. The van der Waals surface area contributed by atoms with Gasteiger partial charge in [0.05, 0.1) is 5.52 Å². The van der Waals surface area contributed by atoms with Gasteiger partial charge in [0, 0.05) is 30.7 Å². The van der Waals surface area contributed by atoms with Gasteiger partial charge in [0.25, 0.3) is 5.91 Å². The largest absolute Gasteiger partial charge is 0.385 e. The highest BCUT2D eigenvalue weighted by atomic mass is 16.2. The van der Waals surface area contributed by atoms with Crippen LogP contribution >= 0.6 is 0 Å². The molecule has 0 atom stereocenters. The number of carbonyl (C=O) groups excluding carboxylic acids is 1. The van der Waals surface area contributed by atoms with E-state index in [0.717, 1.165) is 36.1 Å². The fourth-order valence-corrected chi connectivity index (χ4v) is 2.46. The molecule has 1 N–H and O–H groups in total. The average molecular weight is 285 g/mol. The van der Waals surface area contributed by atoms with Crippen molar-refractivity contribution >= 4 is 22.5 Å². The summed E-state index contributed by atoms with van der Waals surface area (Å²) in [4.78, 5) is 19.0. The van der Waals surface area contributed by atoms with Gasteiger partial charge in [-0.3, -0.25) is 4.79 Å². The number of pyridine rings is 1. The van der Waals surface area contributed by atoms with Crippen LogP contribution in [0.5, 0.6) is 0 Å². The van der Waals surface area contributed by atoms with Crippen molar-refractivity contribution in [3.05, 3.63) is 36.0 Å². The van der Waals surface area contributed by atoms with E-state index in [0.29, 0.717) is 12.2 Å². The third kappa shape index (κ3) is 3.32. The minimum atomic E-state index is 0.00394. The summed E-state index contributed by atoms with van der Waals surface area (Å²) in [6, 6.07) is 9.78. The molecule has 4 heteroatoms. The second kappa shape index (κ2) is 7.07. The van der Waals surface area contributed by atoms with E-state index in [2.05, 4.69) is 17.2 Å². The van der Waals surface area contributed by atoms with E-state index < -0.39 is 0 Å². The predicted octanol–water partition coefficient (Wildman–Crippen LogP) is 3.54. The van der Waals surface area contributed by atoms with E-state index in [4.69, 9.17) is 0 Å². The normalized spacial score (nSPS) is 10.6. The van der Waals surface area contributed by atoms with Gasteiger partial charge in [-0.25, -0.2) is 4.98 Å². The molecule has 0 bridgehead atoms. The predicted molar refractivity (Wildman–Crippen MR) is 87.8 cm³/mol. The van der Waals surface area contributed by atoms with Crippen LogP contribution in [-0.4, -0.2) is 35.4 Å². The summed E-state index contributed by atoms with van der Waals surface area (Å²) >= 11 is 0. The highest BCUT2D eigenvalue weighted by Crippen LogP contribution is 2.23. The zero-order valence-electron chi connectivity index (χ0n) is 13.0. The van der Waals surface area contributed by atoms with Crippen molar-refractivity contribution in [3.63, 3.8) is 0 Å². The van der Waals surface area contributed by atoms with Gasteiger partial charge < -0.3 is 10.2 Å². The maximum absolute atomic E-state index is 12.6. The van der Waals surface area contributed by atoms with Gasteiger partial charge in [0.15, 0.2) is 0 Å². The Kier molecular flexibility index (Phi) is 5.14. The third-order valence-electron chi connectivity index (χ3n) is 3.46. The SMILES string of the molecule is CCCN(CC)C(=O)c1cc(NCC)c2ccccc2n1. The molecule has 21 heavy (non-hydrogen) atoms. The molecule has 1 aromatic heterocycles. The van der Waals surface area contributed by atoms with Gasteiger partial charge in [-0.15, -0.1) is 0 Å². The molecule has 4 nitrogen and oxygen atoms in total. The van der Waals surface area contributed by atoms with Gasteiger partial charge in [-0.1, -0.05) is 25.1 Å². The minimum absolute atomic E-state index is 0.00394. The molecule has 0 aliphatic heterocycles. The van der Waals surface area contributed by atoms with E-state index in [1.165, 1.54) is 0 Å². The first-order chi connectivity index (χ1) is 10.2. The fourth-order valence-electron chi connectivity index (χ4n) is 2.46. The molecule has 0 aliphatic carbocycles. The van der Waals surface area contributed by atoms with Crippen LogP contribution in [0, 0.1) is 0 Å². The van der Waals surface area contributed by atoms with Gasteiger partial charge in [-0.2, -0.15) is 0 Å². The van der Waals surface area contributed by atoms with E-state index in [1.54, 1.807) is 0 Å². The van der Waals surface area contributed by atoms with Crippen molar-refractivity contribution in [1.82, 2.24) is 9.88 Å². The highest BCUT2D eigenvalue weighted by Gasteiger charge is 2.16. The molecule has 2 rings (SSSR count). The molecule has 0 saturated carbocycles. The number of rotatable bonds is 6. The number of aromatic nitrogens is 1. The molecule has 0 saturated heterocycles. The van der Waals surface area contributed by atoms with Crippen molar-refractivity contribution in [1.29, 1.82) is 0 Å². The van der Waals surface area contributed by atoms with Crippen LogP contribution in [-0.2, 0) is 0 Å². The second-order valence-electron chi connectivity index (χ2n) is 4.99. The number of benzene rings is 1. The van der Waals surface area contributed by atoms with Crippen LogP contribution in [0.15, 0.2) is 30.3 Å². The Bertz CT molecular complexity index is 624. The Morgan fingerprint density at radius 2 is 2.00 bits per heavy atom. The number of nitrogens with one attached hydrogen (secondary N) is 1. The van der Waals surface area contributed by atoms with Crippen molar-refractivity contribution < 1.29 is 4.79 Å². The second-order valence-corrected chi connectivity index (χ2v) is 4.99. The van der Waals surface area contributed by atoms with Crippen LogP contribution in [0.25, 0.3) is 10.9 Å². The van der Waals surface area contributed by atoms with Crippen LogP contribution in [0.2, 0.25) is 0 Å². The number of hydrogen-bond acceptors (Lipinski definition) is 3. The first-order valence-electron chi connectivity index (χ1n) is 7.64. The fraction of sp³-hybridized carbons (Fsp3) is 0.412. The standard InChI is InChI=1S/C17H23N3O/c1-4-11-20(6-3)17(21)16-12-15(18-5-2)13-9-7-8-10-14(13)19-16/h7-10,12H,4-6,11H2,1-3H3,(H,18,19). The van der Waals surface area contributed by atoms with Gasteiger partial charge in [0.1, 0.15) is 5.69 Å². The van der Waals surface area contributed by atoms with E-state index in [-0.39, 0.29) is 5.91 Å². The third-order valence-corrected chi connectivity index (χ3v) is 3.46. The molecule has 1 aromatic carbocycles. The summed E-state index contributed by atoms with van der Waals surface area (Å²) in [7, 11) is 0. The van der Waals surface area contributed by atoms with Crippen molar-refractivity contribution in [2.24, 2.45) is 0 Å². The lowest BCUT2D eigenvalue weighted by Crippen LogP contribution is -2.32. The Morgan fingerprint density at radius 3 is 2.67 bits per heavy atom. The van der Waals surface area contributed by atoms with Crippen LogP contribution in [0.4, 0.5) is 5.69 Å². The number of amides is 1. The first kappa shape index (κ1) is 15.3. The molecule has 112 valence electrons. The lowest BCUT2D eigenvalue weighted by atomic mass is 10.1. The van der Waals surface area contributed by atoms with Gasteiger partial charge in [0.2, 0.25) is 0 Å². The number of nitrogens with zero attached hydrogens (tertiary/aromatic N) is 2. The zero-order chi connectivity index (χ0) is 15.2. The summed E-state index contributed by atoms with van der Waals surface area (Å²) in [6.45, 7) is 8.41. The van der Waals surface area contributed by atoms with E-state index in [9.17, 15) is 4.79 Å².